The van der Waals surface area contributed by atoms with Crippen LogP contribution in [0, 0.1) is 0 Å². The molecule has 0 bridgehead atoms. The summed E-state index contributed by atoms with van der Waals surface area (Å²) in [5.41, 5.74) is 3.27. The lowest BCUT2D eigenvalue weighted by molar-refractivity contribution is 0.0504. The molecule has 1 N–H and O–H groups in total. The summed E-state index contributed by atoms with van der Waals surface area (Å²) in [5.74, 6) is 0. The number of carbonyl (C=O) groups excluding carboxylic acids is 1. The number of benzene rings is 2. The van der Waals surface area contributed by atoms with Gasteiger partial charge in [0, 0.05) is 18.8 Å². The predicted molar refractivity (Wildman–Crippen MR) is 112 cm³/mol. The van der Waals surface area contributed by atoms with E-state index in [9.17, 15) is 4.79 Å². The minimum atomic E-state index is -0.486. The number of amides is 1. The first-order chi connectivity index (χ1) is 12.9. The number of rotatable bonds is 3. The van der Waals surface area contributed by atoms with Crippen LogP contribution in [0.4, 0.5) is 10.5 Å². The van der Waals surface area contributed by atoms with Gasteiger partial charge in [-0.15, -0.1) is 0 Å². The van der Waals surface area contributed by atoms with Crippen LogP contribution in [0.2, 0.25) is 0 Å². The van der Waals surface area contributed by atoms with Crippen LogP contribution in [0.5, 0.6) is 0 Å². The van der Waals surface area contributed by atoms with Crippen molar-refractivity contribution in [1.29, 1.82) is 0 Å². The smallest absolute Gasteiger partial charge is 0.407 e. The van der Waals surface area contributed by atoms with E-state index in [-0.39, 0.29) is 12.1 Å². The average Bonchev–Trinajstić information content (AvgIpc) is 2.62. The molecular weight excluding hydrogens is 336 g/mol. The third-order valence-corrected chi connectivity index (χ3v) is 4.18. The molecule has 2 aromatic rings. The van der Waals surface area contributed by atoms with E-state index < -0.39 is 5.60 Å². The summed E-state index contributed by atoms with van der Waals surface area (Å²) in [4.78, 5) is 14.5. The molecule has 0 fully saturated rings. The minimum Gasteiger partial charge on any atom is -0.444 e. The molecule has 1 atom stereocenters. The number of hydrogen-bond acceptors (Lipinski definition) is 3. The molecule has 1 aliphatic rings. The van der Waals surface area contributed by atoms with Gasteiger partial charge in [0.2, 0.25) is 0 Å². The Hall–Kier alpha value is -2.49. The quantitative estimate of drug-likeness (QED) is 0.813. The van der Waals surface area contributed by atoms with Gasteiger partial charge in [0.25, 0.3) is 0 Å². The summed E-state index contributed by atoms with van der Waals surface area (Å²) in [6.45, 7) is 11.2. The lowest BCUT2D eigenvalue weighted by atomic mass is 9.97. The number of nitrogens with one attached hydrogen (secondary N) is 1. The Bertz CT molecular complexity index is 723. The molecule has 1 unspecified atom stereocenters. The molecule has 0 radical (unpaired) electrons. The van der Waals surface area contributed by atoms with Crippen molar-refractivity contribution in [3.05, 3.63) is 65.7 Å². The van der Waals surface area contributed by atoms with Gasteiger partial charge in [-0.25, -0.2) is 4.79 Å². The Morgan fingerprint density at radius 1 is 1.07 bits per heavy atom. The number of anilines is 1. The van der Waals surface area contributed by atoms with Crippen LogP contribution in [0.15, 0.2) is 54.6 Å². The lowest BCUT2D eigenvalue weighted by Gasteiger charge is -2.36. The van der Waals surface area contributed by atoms with Crippen LogP contribution >= 0.6 is 0 Å². The largest absolute Gasteiger partial charge is 0.444 e. The van der Waals surface area contributed by atoms with Crippen molar-refractivity contribution in [2.45, 2.75) is 59.2 Å². The Morgan fingerprint density at radius 2 is 1.70 bits per heavy atom. The van der Waals surface area contributed by atoms with Gasteiger partial charge in [-0.1, -0.05) is 62.4 Å². The first kappa shape index (κ1) is 20.8. The second-order valence-corrected chi connectivity index (χ2v) is 7.54. The summed E-state index contributed by atoms with van der Waals surface area (Å²) < 4.78 is 5.41. The highest BCUT2D eigenvalue weighted by Gasteiger charge is 2.27. The number of carbonyl (C=O) groups is 1. The zero-order valence-corrected chi connectivity index (χ0v) is 17.2. The maximum atomic E-state index is 12.2. The van der Waals surface area contributed by atoms with Crippen molar-refractivity contribution in [2.75, 3.05) is 11.4 Å². The Labute approximate surface area is 163 Å². The first-order valence-corrected chi connectivity index (χ1v) is 9.77. The van der Waals surface area contributed by atoms with E-state index in [2.05, 4.69) is 58.7 Å². The monoisotopic (exact) mass is 368 g/mol. The number of para-hydroxylation sites is 1. The fraction of sp³-hybridized carbons (Fsp3) is 0.435. The molecule has 0 spiro atoms. The van der Waals surface area contributed by atoms with Gasteiger partial charge in [-0.3, -0.25) is 0 Å². The zero-order chi connectivity index (χ0) is 19.9. The standard InChI is InChI=1S/C21H26N2O2.C2H6/c1-21(2,3)25-20(24)22-18-13-17-11-7-8-12-19(17)23(15-18)14-16-9-5-4-6-10-16;1-2/h4-12,18H,13-15H2,1-3H3,(H,22,24);1-2H3. The second-order valence-electron chi connectivity index (χ2n) is 7.54. The number of ether oxygens (including phenoxy) is 1. The Balaban J connectivity index is 0.00000126. The van der Waals surface area contributed by atoms with Crippen molar-refractivity contribution in [3.63, 3.8) is 0 Å². The summed E-state index contributed by atoms with van der Waals surface area (Å²) in [7, 11) is 0. The van der Waals surface area contributed by atoms with E-state index in [0.29, 0.717) is 0 Å². The lowest BCUT2D eigenvalue weighted by Crippen LogP contribution is -2.49. The van der Waals surface area contributed by atoms with Crippen LogP contribution in [0.1, 0.15) is 45.7 Å². The van der Waals surface area contributed by atoms with E-state index in [0.717, 1.165) is 19.5 Å². The molecule has 2 aromatic carbocycles. The normalized spacial score (nSPS) is 15.9. The third kappa shape index (κ3) is 6.31. The number of nitrogens with zero attached hydrogens (tertiary/aromatic N) is 1. The fourth-order valence-corrected chi connectivity index (χ4v) is 3.21. The van der Waals surface area contributed by atoms with Crippen molar-refractivity contribution < 1.29 is 9.53 Å². The van der Waals surface area contributed by atoms with E-state index in [1.807, 2.05) is 40.7 Å². The summed E-state index contributed by atoms with van der Waals surface area (Å²) in [6, 6.07) is 18.9. The van der Waals surface area contributed by atoms with Gasteiger partial charge >= 0.3 is 6.09 Å². The van der Waals surface area contributed by atoms with Crippen LogP contribution in [-0.4, -0.2) is 24.3 Å². The van der Waals surface area contributed by atoms with Crippen molar-refractivity contribution >= 4 is 11.8 Å². The maximum absolute atomic E-state index is 12.2. The molecular formula is C23H32N2O2. The van der Waals surface area contributed by atoms with Gasteiger partial charge in [0.1, 0.15) is 5.60 Å². The minimum absolute atomic E-state index is 0.0356. The van der Waals surface area contributed by atoms with Crippen molar-refractivity contribution in [2.24, 2.45) is 0 Å². The highest BCUT2D eigenvalue weighted by molar-refractivity contribution is 5.69. The Morgan fingerprint density at radius 3 is 2.37 bits per heavy atom. The SMILES string of the molecule is CC.CC(C)(C)OC(=O)NC1Cc2ccccc2N(Cc2ccccc2)C1. The molecule has 3 rings (SSSR count). The second kappa shape index (κ2) is 9.45. The van der Waals surface area contributed by atoms with E-state index >= 15 is 0 Å². The van der Waals surface area contributed by atoms with Crippen LogP contribution in [0.25, 0.3) is 0 Å². The Kier molecular flexibility index (Phi) is 7.28. The van der Waals surface area contributed by atoms with Crippen LogP contribution < -0.4 is 10.2 Å². The number of fused-ring (bicyclic) bond motifs is 1. The van der Waals surface area contributed by atoms with Gasteiger partial charge in [0.05, 0.1) is 6.04 Å². The molecule has 27 heavy (non-hydrogen) atoms. The van der Waals surface area contributed by atoms with Gasteiger partial charge < -0.3 is 15.0 Å². The molecule has 1 amide bonds. The third-order valence-electron chi connectivity index (χ3n) is 4.18. The molecule has 0 saturated carbocycles. The van der Waals surface area contributed by atoms with Crippen LogP contribution in [-0.2, 0) is 17.7 Å². The highest BCUT2D eigenvalue weighted by atomic mass is 16.6. The topological polar surface area (TPSA) is 41.6 Å². The molecule has 1 heterocycles. The molecule has 4 nitrogen and oxygen atoms in total. The van der Waals surface area contributed by atoms with E-state index in [1.165, 1.54) is 16.8 Å². The summed E-state index contributed by atoms with van der Waals surface area (Å²) >= 11 is 0. The predicted octanol–water partition coefficient (Wildman–Crippen LogP) is 5.17. The zero-order valence-electron chi connectivity index (χ0n) is 17.2. The van der Waals surface area contributed by atoms with Gasteiger partial charge in [-0.05, 0) is 44.4 Å². The van der Waals surface area contributed by atoms with Crippen LogP contribution in [0.3, 0.4) is 0 Å². The van der Waals surface area contributed by atoms with Crippen molar-refractivity contribution in [1.82, 2.24) is 5.32 Å². The van der Waals surface area contributed by atoms with Gasteiger partial charge in [-0.2, -0.15) is 0 Å². The molecule has 0 aliphatic carbocycles. The molecule has 0 aromatic heterocycles. The van der Waals surface area contributed by atoms with Gasteiger partial charge in [0.15, 0.2) is 0 Å². The first-order valence-electron chi connectivity index (χ1n) is 9.77. The number of alkyl carbamates (subject to hydrolysis) is 1. The molecule has 146 valence electrons. The highest BCUT2D eigenvalue weighted by Crippen LogP contribution is 2.28. The van der Waals surface area contributed by atoms with E-state index in [1.54, 1.807) is 0 Å². The van der Waals surface area contributed by atoms with E-state index in [4.69, 9.17) is 4.74 Å². The molecule has 0 saturated heterocycles. The average molecular weight is 369 g/mol. The summed E-state index contributed by atoms with van der Waals surface area (Å²) in [6.07, 6.45) is 0.470. The fourth-order valence-electron chi connectivity index (χ4n) is 3.21. The summed E-state index contributed by atoms with van der Waals surface area (Å²) in [5, 5.41) is 3.03. The van der Waals surface area contributed by atoms with Crippen molar-refractivity contribution in [3.8, 4) is 0 Å². The number of hydrogen-bond donors (Lipinski definition) is 1. The maximum Gasteiger partial charge on any atom is 0.407 e. The molecule has 4 heteroatoms. The molecule has 1 aliphatic heterocycles.